The molecule has 0 radical (unpaired) electrons. The van der Waals surface area contributed by atoms with E-state index < -0.39 is 10.7 Å². The standard InChI is InChI=1S/C27H18ClN3O4/c28-22-9-5-4-8-21(22)27-30-23-15-20(10-11-25(23)35-27)29-16-19-13-18(12-17-6-2-1-3-7-17)14-24(26(19)32)31(33)34/h1-11,13-16,32H,12H2. The van der Waals surface area contributed by atoms with Crippen molar-refractivity contribution in [3.63, 3.8) is 0 Å². The number of nitro groups is 1. The maximum absolute atomic E-state index is 11.5. The Morgan fingerprint density at radius 1 is 1.00 bits per heavy atom. The second kappa shape index (κ2) is 9.40. The maximum Gasteiger partial charge on any atom is 0.311 e. The molecule has 1 aromatic heterocycles. The molecule has 5 rings (SSSR count). The molecule has 1 heterocycles. The molecule has 0 spiro atoms. The summed E-state index contributed by atoms with van der Waals surface area (Å²) in [7, 11) is 0. The van der Waals surface area contributed by atoms with E-state index in [2.05, 4.69) is 9.98 Å². The Balaban J connectivity index is 1.48. The first-order valence-corrected chi connectivity index (χ1v) is 11.1. The van der Waals surface area contributed by atoms with Crippen molar-refractivity contribution < 1.29 is 14.4 Å². The molecule has 1 N–H and O–H groups in total. The molecule has 0 atom stereocenters. The normalized spacial score (nSPS) is 11.3. The van der Waals surface area contributed by atoms with Crippen LogP contribution < -0.4 is 0 Å². The molecule has 5 aromatic rings. The van der Waals surface area contributed by atoms with Crippen LogP contribution in [-0.4, -0.2) is 21.2 Å². The SMILES string of the molecule is O=[N+]([O-])c1cc(Cc2ccccc2)cc(C=Nc2ccc3oc(-c4ccccc4Cl)nc3c2)c1O. The van der Waals surface area contributed by atoms with Crippen molar-refractivity contribution >= 4 is 40.3 Å². The molecule has 4 aromatic carbocycles. The van der Waals surface area contributed by atoms with Crippen LogP contribution >= 0.6 is 11.6 Å². The highest BCUT2D eigenvalue weighted by molar-refractivity contribution is 6.33. The third-order valence-corrected chi connectivity index (χ3v) is 5.78. The van der Waals surface area contributed by atoms with Gasteiger partial charge in [0.25, 0.3) is 0 Å². The van der Waals surface area contributed by atoms with Crippen LogP contribution in [0.15, 0.2) is 94.3 Å². The van der Waals surface area contributed by atoms with Gasteiger partial charge in [0.05, 0.1) is 21.2 Å². The van der Waals surface area contributed by atoms with E-state index in [0.717, 1.165) is 5.56 Å². The summed E-state index contributed by atoms with van der Waals surface area (Å²) < 4.78 is 5.82. The van der Waals surface area contributed by atoms with E-state index in [1.165, 1.54) is 12.3 Å². The number of aliphatic imine (C=N–C) groups is 1. The maximum atomic E-state index is 11.5. The molecule has 0 unspecified atom stereocenters. The zero-order chi connectivity index (χ0) is 24.4. The van der Waals surface area contributed by atoms with E-state index in [-0.39, 0.29) is 11.3 Å². The number of phenols is 1. The monoisotopic (exact) mass is 483 g/mol. The second-order valence-electron chi connectivity index (χ2n) is 7.88. The number of phenolic OH excluding ortho intramolecular Hbond substituents is 1. The number of fused-ring (bicyclic) bond motifs is 1. The molecule has 0 fully saturated rings. The quantitative estimate of drug-likeness (QED) is 0.157. The molecule has 0 aliphatic heterocycles. The van der Waals surface area contributed by atoms with Crippen molar-refractivity contribution in [1.29, 1.82) is 0 Å². The van der Waals surface area contributed by atoms with E-state index in [0.29, 0.717) is 45.2 Å². The fourth-order valence-electron chi connectivity index (χ4n) is 3.76. The summed E-state index contributed by atoms with van der Waals surface area (Å²) in [6.07, 6.45) is 1.89. The molecule has 172 valence electrons. The van der Waals surface area contributed by atoms with Crippen molar-refractivity contribution in [3.05, 3.63) is 117 Å². The van der Waals surface area contributed by atoms with Gasteiger partial charge in [0.2, 0.25) is 11.6 Å². The minimum Gasteiger partial charge on any atom is -0.502 e. The first kappa shape index (κ1) is 22.3. The third kappa shape index (κ3) is 4.76. The molecule has 8 heteroatoms. The molecule has 0 saturated heterocycles. The summed E-state index contributed by atoms with van der Waals surface area (Å²) in [5.41, 5.74) is 3.97. The average molecular weight is 484 g/mol. The number of hydrogen-bond acceptors (Lipinski definition) is 6. The van der Waals surface area contributed by atoms with Gasteiger partial charge in [-0.05, 0) is 53.9 Å². The van der Waals surface area contributed by atoms with Crippen LogP contribution in [0, 0.1) is 10.1 Å². The highest BCUT2D eigenvalue weighted by Gasteiger charge is 2.18. The van der Waals surface area contributed by atoms with Crippen LogP contribution in [0.1, 0.15) is 16.7 Å². The topological polar surface area (TPSA) is 102 Å². The molecular formula is C27H18ClN3O4. The Labute approximate surface area is 205 Å². The first-order chi connectivity index (χ1) is 17.0. The number of benzene rings is 4. The average Bonchev–Trinajstić information content (AvgIpc) is 3.28. The van der Waals surface area contributed by atoms with Crippen LogP contribution in [0.3, 0.4) is 0 Å². The lowest BCUT2D eigenvalue weighted by Gasteiger charge is -2.06. The first-order valence-electron chi connectivity index (χ1n) is 10.7. The lowest BCUT2D eigenvalue weighted by atomic mass is 10.0. The number of halogens is 1. The fraction of sp³-hybridized carbons (Fsp3) is 0.0370. The van der Waals surface area contributed by atoms with E-state index >= 15 is 0 Å². The van der Waals surface area contributed by atoms with E-state index in [4.69, 9.17) is 16.0 Å². The number of rotatable bonds is 6. The minimum absolute atomic E-state index is 0.252. The van der Waals surface area contributed by atoms with Crippen molar-refractivity contribution in [3.8, 4) is 17.2 Å². The third-order valence-electron chi connectivity index (χ3n) is 5.45. The largest absolute Gasteiger partial charge is 0.502 e. The van der Waals surface area contributed by atoms with Crippen LogP contribution in [0.5, 0.6) is 5.75 Å². The highest BCUT2D eigenvalue weighted by atomic mass is 35.5. The molecule has 35 heavy (non-hydrogen) atoms. The molecular weight excluding hydrogens is 466 g/mol. The molecule has 0 saturated carbocycles. The van der Waals surface area contributed by atoms with Gasteiger partial charge in [-0.2, -0.15) is 0 Å². The Morgan fingerprint density at radius 2 is 1.77 bits per heavy atom. The Bertz CT molecular complexity index is 1580. The van der Waals surface area contributed by atoms with Crippen LogP contribution in [-0.2, 0) is 6.42 Å². The van der Waals surface area contributed by atoms with Crippen LogP contribution in [0.2, 0.25) is 5.02 Å². The van der Waals surface area contributed by atoms with Gasteiger partial charge in [0, 0.05) is 17.8 Å². The number of aromatic nitrogens is 1. The molecule has 0 aliphatic rings. The van der Waals surface area contributed by atoms with Crippen molar-refractivity contribution in [1.82, 2.24) is 4.98 Å². The summed E-state index contributed by atoms with van der Waals surface area (Å²) in [4.78, 5) is 19.8. The van der Waals surface area contributed by atoms with Crippen LogP contribution in [0.25, 0.3) is 22.6 Å². The summed E-state index contributed by atoms with van der Waals surface area (Å²) in [6, 6.07) is 25.2. The van der Waals surface area contributed by atoms with Gasteiger partial charge in [-0.25, -0.2) is 4.98 Å². The Hall–Kier alpha value is -4.49. The molecule has 0 aliphatic carbocycles. The van der Waals surface area contributed by atoms with Gasteiger partial charge in [0.15, 0.2) is 5.58 Å². The lowest BCUT2D eigenvalue weighted by Crippen LogP contribution is -1.97. The Morgan fingerprint density at radius 3 is 2.54 bits per heavy atom. The number of hydrogen-bond donors (Lipinski definition) is 1. The summed E-state index contributed by atoms with van der Waals surface area (Å²) in [6.45, 7) is 0. The van der Waals surface area contributed by atoms with E-state index in [1.54, 1.807) is 30.3 Å². The van der Waals surface area contributed by atoms with Crippen molar-refractivity contribution in [2.75, 3.05) is 0 Å². The molecule has 0 amide bonds. The van der Waals surface area contributed by atoms with Gasteiger partial charge in [-0.15, -0.1) is 0 Å². The smallest absolute Gasteiger partial charge is 0.311 e. The molecule has 0 bridgehead atoms. The summed E-state index contributed by atoms with van der Waals surface area (Å²) >= 11 is 6.25. The zero-order valence-electron chi connectivity index (χ0n) is 18.3. The van der Waals surface area contributed by atoms with Gasteiger partial charge < -0.3 is 9.52 Å². The Kier molecular flexibility index (Phi) is 5.99. The molecule has 7 nitrogen and oxygen atoms in total. The lowest BCUT2D eigenvalue weighted by molar-refractivity contribution is -0.385. The van der Waals surface area contributed by atoms with E-state index in [9.17, 15) is 15.2 Å². The fourth-order valence-corrected chi connectivity index (χ4v) is 3.98. The van der Waals surface area contributed by atoms with E-state index in [1.807, 2.05) is 48.5 Å². The second-order valence-corrected chi connectivity index (χ2v) is 8.29. The minimum atomic E-state index is -0.598. The van der Waals surface area contributed by atoms with Crippen molar-refractivity contribution in [2.45, 2.75) is 6.42 Å². The predicted molar refractivity (Wildman–Crippen MR) is 136 cm³/mol. The number of oxazole rings is 1. The number of aromatic hydroxyl groups is 1. The van der Waals surface area contributed by atoms with Crippen LogP contribution in [0.4, 0.5) is 11.4 Å². The van der Waals surface area contributed by atoms with Gasteiger partial charge in [0.1, 0.15) is 5.52 Å². The van der Waals surface area contributed by atoms with Gasteiger partial charge in [-0.3, -0.25) is 15.1 Å². The van der Waals surface area contributed by atoms with Gasteiger partial charge in [-0.1, -0.05) is 54.1 Å². The highest BCUT2D eigenvalue weighted by Crippen LogP contribution is 2.33. The summed E-state index contributed by atoms with van der Waals surface area (Å²) in [5.74, 6) is -0.0345. The number of nitrogens with zero attached hydrogens (tertiary/aromatic N) is 3. The summed E-state index contributed by atoms with van der Waals surface area (Å²) in [5, 5.41) is 22.5. The van der Waals surface area contributed by atoms with Crippen molar-refractivity contribution in [2.24, 2.45) is 4.99 Å². The predicted octanol–water partition coefficient (Wildman–Crippen LogP) is 7.10. The zero-order valence-corrected chi connectivity index (χ0v) is 19.0. The number of nitro benzene ring substituents is 1. The van der Waals surface area contributed by atoms with Gasteiger partial charge >= 0.3 is 5.69 Å².